The predicted octanol–water partition coefficient (Wildman–Crippen LogP) is 1.39. The molecule has 0 aromatic carbocycles. The van der Waals surface area contributed by atoms with Crippen LogP contribution < -0.4 is 0 Å². The maximum absolute atomic E-state index is 11.1. The second kappa shape index (κ2) is 5.46. The van der Waals surface area contributed by atoms with Gasteiger partial charge in [-0.05, 0) is 26.0 Å². The molecule has 1 aliphatic heterocycles. The molecule has 1 fully saturated rings. The molecule has 0 saturated carbocycles. The number of carboxylic acid groups (broad SMARTS) is 1. The van der Waals surface area contributed by atoms with E-state index in [9.17, 15) is 4.79 Å². The highest BCUT2D eigenvalue weighted by Crippen LogP contribution is 2.15. The van der Waals surface area contributed by atoms with E-state index in [0.717, 1.165) is 13.1 Å². The highest BCUT2D eigenvalue weighted by atomic mass is 16.5. The van der Waals surface area contributed by atoms with Gasteiger partial charge in [0.15, 0.2) is 0 Å². The number of morpholine rings is 1. The summed E-state index contributed by atoms with van der Waals surface area (Å²) in [7, 11) is 0. The minimum absolute atomic E-state index is 0.172. The molecule has 0 radical (unpaired) electrons. The third-order valence-electron chi connectivity index (χ3n) is 2.99. The lowest BCUT2D eigenvalue weighted by Crippen LogP contribution is -2.45. The summed E-state index contributed by atoms with van der Waals surface area (Å²) in [6.07, 6.45) is 1.98. The van der Waals surface area contributed by atoms with Crippen molar-refractivity contribution in [3.63, 3.8) is 0 Å². The quantitative estimate of drug-likeness (QED) is 0.878. The van der Waals surface area contributed by atoms with Crippen molar-refractivity contribution in [1.29, 1.82) is 0 Å². The summed E-state index contributed by atoms with van der Waals surface area (Å²) in [6.45, 7) is 6.22. The average Bonchev–Trinajstić information content (AvgIpc) is 2.27. The van der Waals surface area contributed by atoms with Gasteiger partial charge in [0.1, 0.15) is 0 Å². The third kappa shape index (κ3) is 3.05. The van der Waals surface area contributed by atoms with E-state index in [2.05, 4.69) is 9.88 Å². The number of hydrogen-bond acceptors (Lipinski definition) is 4. The summed E-state index contributed by atoms with van der Waals surface area (Å²) in [5.74, 6) is -0.924. The lowest BCUT2D eigenvalue weighted by atomic mass is 10.1. The molecule has 0 spiro atoms. The number of pyridine rings is 1. The zero-order chi connectivity index (χ0) is 13.1. The number of carbonyl (C=O) groups is 1. The van der Waals surface area contributed by atoms with Crippen LogP contribution in [0.5, 0.6) is 0 Å². The van der Waals surface area contributed by atoms with Gasteiger partial charge in [-0.15, -0.1) is 0 Å². The second-order valence-electron chi connectivity index (χ2n) is 4.75. The summed E-state index contributed by atoms with van der Waals surface area (Å²) in [6, 6.07) is 3.25. The Labute approximate surface area is 106 Å². The van der Waals surface area contributed by atoms with Crippen LogP contribution in [0.3, 0.4) is 0 Å². The van der Waals surface area contributed by atoms with Crippen LogP contribution in [-0.2, 0) is 11.3 Å². The van der Waals surface area contributed by atoms with Gasteiger partial charge in [0, 0.05) is 25.8 Å². The molecule has 98 valence electrons. The molecule has 5 heteroatoms. The minimum Gasteiger partial charge on any atom is -0.478 e. The summed E-state index contributed by atoms with van der Waals surface area (Å²) in [5, 5.41) is 9.12. The minimum atomic E-state index is -0.924. The van der Waals surface area contributed by atoms with Crippen molar-refractivity contribution in [3.05, 3.63) is 29.6 Å². The van der Waals surface area contributed by atoms with Crippen molar-refractivity contribution in [3.8, 4) is 0 Å². The molecule has 1 aromatic heterocycles. The second-order valence-corrected chi connectivity index (χ2v) is 4.75. The number of nitrogens with zero attached hydrogens (tertiary/aromatic N) is 2. The highest BCUT2D eigenvalue weighted by molar-refractivity contribution is 5.88. The first-order chi connectivity index (χ1) is 8.56. The zero-order valence-corrected chi connectivity index (χ0v) is 10.7. The normalized spacial score (nSPS) is 25.0. The van der Waals surface area contributed by atoms with Crippen molar-refractivity contribution in [2.75, 3.05) is 13.1 Å². The Bertz CT molecular complexity index is 426. The van der Waals surface area contributed by atoms with Gasteiger partial charge in [-0.2, -0.15) is 0 Å². The van der Waals surface area contributed by atoms with Gasteiger partial charge in [-0.1, -0.05) is 0 Å². The number of carboxylic acids is 1. The molecular weight excluding hydrogens is 232 g/mol. The number of rotatable bonds is 3. The van der Waals surface area contributed by atoms with Crippen LogP contribution >= 0.6 is 0 Å². The molecule has 5 nitrogen and oxygen atoms in total. The van der Waals surface area contributed by atoms with Crippen LogP contribution in [0.25, 0.3) is 0 Å². The average molecular weight is 250 g/mol. The molecule has 0 bridgehead atoms. The molecule has 0 aliphatic carbocycles. The fraction of sp³-hybridized carbons (Fsp3) is 0.538. The Kier molecular flexibility index (Phi) is 3.93. The Morgan fingerprint density at radius 1 is 1.50 bits per heavy atom. The fourth-order valence-corrected chi connectivity index (χ4v) is 2.38. The van der Waals surface area contributed by atoms with Crippen molar-refractivity contribution >= 4 is 5.97 Å². The lowest BCUT2D eigenvalue weighted by molar-refractivity contribution is -0.0708. The van der Waals surface area contributed by atoms with Gasteiger partial charge in [-0.3, -0.25) is 9.88 Å². The van der Waals surface area contributed by atoms with E-state index in [-0.39, 0.29) is 17.8 Å². The number of aromatic carboxylic acids is 1. The Hall–Kier alpha value is -1.46. The standard InChI is InChI=1S/C13H18N2O3/c1-9-6-15(7-10(2)18-9)8-12-11(13(16)17)4-3-5-14-12/h3-5,9-10H,6-8H2,1-2H3,(H,16,17)/t9-,10+. The van der Waals surface area contributed by atoms with Gasteiger partial charge >= 0.3 is 5.97 Å². The zero-order valence-electron chi connectivity index (χ0n) is 10.7. The van der Waals surface area contributed by atoms with Crippen molar-refractivity contribution in [2.24, 2.45) is 0 Å². The Balaban J connectivity index is 2.11. The largest absolute Gasteiger partial charge is 0.478 e. The molecule has 1 aromatic rings. The Morgan fingerprint density at radius 2 is 2.17 bits per heavy atom. The fourth-order valence-electron chi connectivity index (χ4n) is 2.38. The van der Waals surface area contributed by atoms with Crippen molar-refractivity contribution < 1.29 is 14.6 Å². The number of ether oxygens (including phenoxy) is 1. The lowest BCUT2D eigenvalue weighted by Gasteiger charge is -2.35. The summed E-state index contributed by atoms with van der Waals surface area (Å²) >= 11 is 0. The van der Waals surface area contributed by atoms with E-state index >= 15 is 0 Å². The third-order valence-corrected chi connectivity index (χ3v) is 2.99. The predicted molar refractivity (Wildman–Crippen MR) is 66.5 cm³/mol. The Morgan fingerprint density at radius 3 is 2.78 bits per heavy atom. The molecule has 2 rings (SSSR count). The SMILES string of the molecule is C[C@@H]1CN(Cc2ncccc2C(=O)O)C[C@H](C)O1. The van der Waals surface area contributed by atoms with Crippen molar-refractivity contribution in [1.82, 2.24) is 9.88 Å². The van der Waals surface area contributed by atoms with Gasteiger partial charge in [0.2, 0.25) is 0 Å². The van der Waals surface area contributed by atoms with E-state index in [0.29, 0.717) is 12.2 Å². The molecular formula is C13H18N2O3. The van der Waals surface area contributed by atoms with E-state index in [1.165, 1.54) is 0 Å². The van der Waals surface area contributed by atoms with E-state index < -0.39 is 5.97 Å². The molecule has 1 saturated heterocycles. The van der Waals surface area contributed by atoms with E-state index in [4.69, 9.17) is 9.84 Å². The monoisotopic (exact) mass is 250 g/mol. The van der Waals surface area contributed by atoms with Crippen LogP contribution in [0.15, 0.2) is 18.3 Å². The molecule has 18 heavy (non-hydrogen) atoms. The first-order valence-corrected chi connectivity index (χ1v) is 6.11. The van der Waals surface area contributed by atoms with Crippen LogP contribution in [0.2, 0.25) is 0 Å². The topological polar surface area (TPSA) is 62.7 Å². The van der Waals surface area contributed by atoms with Gasteiger partial charge in [0.05, 0.1) is 23.5 Å². The summed E-state index contributed by atoms with van der Waals surface area (Å²) < 4.78 is 5.65. The highest BCUT2D eigenvalue weighted by Gasteiger charge is 2.23. The van der Waals surface area contributed by atoms with Crippen LogP contribution in [0, 0.1) is 0 Å². The molecule has 1 aliphatic rings. The molecule has 0 amide bonds. The summed E-state index contributed by atoms with van der Waals surface area (Å²) in [5.41, 5.74) is 0.899. The van der Waals surface area contributed by atoms with Crippen molar-refractivity contribution in [2.45, 2.75) is 32.6 Å². The first kappa shape index (κ1) is 13.0. The van der Waals surface area contributed by atoms with Crippen LogP contribution in [0.1, 0.15) is 29.9 Å². The molecule has 1 N–H and O–H groups in total. The van der Waals surface area contributed by atoms with Gasteiger partial charge in [0.25, 0.3) is 0 Å². The number of hydrogen-bond donors (Lipinski definition) is 1. The smallest absolute Gasteiger partial charge is 0.337 e. The molecule has 2 atom stereocenters. The van der Waals surface area contributed by atoms with E-state index in [1.807, 2.05) is 13.8 Å². The maximum atomic E-state index is 11.1. The van der Waals surface area contributed by atoms with Crippen LogP contribution in [-0.4, -0.2) is 46.3 Å². The maximum Gasteiger partial charge on any atom is 0.337 e. The first-order valence-electron chi connectivity index (χ1n) is 6.11. The molecule has 2 heterocycles. The molecule has 0 unspecified atom stereocenters. The van der Waals surface area contributed by atoms with Gasteiger partial charge < -0.3 is 9.84 Å². The van der Waals surface area contributed by atoms with Gasteiger partial charge in [-0.25, -0.2) is 4.79 Å². The number of aromatic nitrogens is 1. The van der Waals surface area contributed by atoms with Crippen LogP contribution in [0.4, 0.5) is 0 Å². The van der Waals surface area contributed by atoms with E-state index in [1.54, 1.807) is 18.3 Å². The summed E-state index contributed by atoms with van der Waals surface area (Å²) in [4.78, 5) is 17.5.